The summed E-state index contributed by atoms with van der Waals surface area (Å²) in [5.74, 6) is 3.23. The average Bonchev–Trinajstić information content (AvgIpc) is 1.66. The second-order valence-electron chi connectivity index (χ2n) is 33.5. The lowest BCUT2D eigenvalue weighted by Gasteiger charge is -2.34. The first kappa shape index (κ1) is 85.8. The van der Waals surface area contributed by atoms with Crippen LogP contribution in [0.5, 0.6) is 17.2 Å². The average molecular weight is 1630 g/mol. The summed E-state index contributed by atoms with van der Waals surface area (Å²) in [6, 6.07) is 29.7. The normalized spacial score (nSPS) is 19.2. The first-order chi connectivity index (χ1) is 57.7. The van der Waals surface area contributed by atoms with E-state index in [0.29, 0.717) is 43.9 Å². The number of ether oxygens (including phenoxy) is 4. The van der Waals surface area contributed by atoms with E-state index in [2.05, 4.69) is 153 Å². The van der Waals surface area contributed by atoms with Crippen LogP contribution in [0.25, 0.3) is 32.7 Å². The molecular formula is C91H129N19O7S. The summed E-state index contributed by atoms with van der Waals surface area (Å²) in [4.78, 5) is 68.0. The minimum absolute atomic E-state index is 0.0655. The van der Waals surface area contributed by atoms with E-state index in [-0.39, 0.29) is 36.0 Å². The SMILES string of the molecule is COc1ccc2cccnc2c1N1CCCN(C(CC(=O)NCCN2CCCC2)c2ccn(C3CCOCC3)n2)CC1.COc1ccc2cccnc2c1N1CCCN(C(CCN2CCC(O)CC2)c2csc(C(C)C)n2)CC1.COc1ccc2cccnc2c1N1CCCN([C@@H](CC(=O)NCCN2CCCC2)c2ccn(C(C)C)n2)CC1. The Balaban J connectivity index is 0.000000146. The molecule has 7 fully saturated rings. The number of carbonyl (C=O) groups is 2. The Morgan fingerprint density at radius 1 is 0.483 bits per heavy atom. The first-order valence-corrected chi connectivity index (χ1v) is 44.9. The summed E-state index contributed by atoms with van der Waals surface area (Å²) in [6.07, 6.45) is 23.3. The van der Waals surface area contributed by atoms with Gasteiger partial charge >= 0.3 is 0 Å². The number of aliphatic hydroxyl groups excluding tert-OH is 1. The van der Waals surface area contributed by atoms with Crippen molar-refractivity contribution in [3.05, 3.63) is 143 Å². The summed E-state index contributed by atoms with van der Waals surface area (Å²) < 4.78 is 27.1. The highest BCUT2D eigenvalue weighted by molar-refractivity contribution is 7.09. The summed E-state index contributed by atoms with van der Waals surface area (Å²) >= 11 is 1.80. The van der Waals surface area contributed by atoms with Crippen LogP contribution in [-0.2, 0) is 14.3 Å². The predicted octanol–water partition coefficient (Wildman–Crippen LogP) is 12.4. The molecule has 0 spiro atoms. The van der Waals surface area contributed by atoms with Crippen LogP contribution in [-0.4, -0.2) is 277 Å². The van der Waals surface area contributed by atoms with Crippen LogP contribution in [0.1, 0.15) is 176 Å². The van der Waals surface area contributed by atoms with Gasteiger partial charge in [-0.15, -0.1) is 11.3 Å². The van der Waals surface area contributed by atoms with Crippen LogP contribution in [0, 0.1) is 0 Å². The molecular weight excluding hydrogens is 1500 g/mol. The van der Waals surface area contributed by atoms with Crippen LogP contribution in [0.4, 0.5) is 17.1 Å². The van der Waals surface area contributed by atoms with Crippen molar-refractivity contribution in [2.24, 2.45) is 0 Å². The third kappa shape index (κ3) is 22.1. The minimum Gasteiger partial charge on any atom is -0.494 e. The van der Waals surface area contributed by atoms with Crippen LogP contribution in [0.3, 0.4) is 0 Å². The topological polar surface area (TPSA) is 232 Å². The van der Waals surface area contributed by atoms with Gasteiger partial charge in [-0.1, -0.05) is 32.0 Å². The molecule has 0 aliphatic carbocycles. The number of thiazole rings is 1. The van der Waals surface area contributed by atoms with Gasteiger partial charge in [0, 0.05) is 215 Å². The molecule has 0 bridgehead atoms. The number of amides is 2. The van der Waals surface area contributed by atoms with Gasteiger partial charge in [-0.3, -0.25) is 48.6 Å². The van der Waals surface area contributed by atoms with Gasteiger partial charge in [-0.2, -0.15) is 10.2 Å². The monoisotopic (exact) mass is 1630 g/mol. The summed E-state index contributed by atoms with van der Waals surface area (Å²) in [7, 11) is 5.20. The van der Waals surface area contributed by atoms with Gasteiger partial charge in [-0.05, 0) is 184 Å². The summed E-state index contributed by atoms with van der Waals surface area (Å²) in [5.41, 5.74) is 9.34. The van der Waals surface area contributed by atoms with Crippen molar-refractivity contribution in [3.63, 3.8) is 0 Å². The number of piperidine rings is 1. The zero-order valence-electron chi connectivity index (χ0n) is 71.1. The number of carbonyl (C=O) groups excluding carboxylic acids is 2. The Labute approximate surface area is 702 Å². The maximum Gasteiger partial charge on any atom is 0.222 e. The third-order valence-corrected chi connectivity index (χ3v) is 26.2. The van der Waals surface area contributed by atoms with Crippen molar-refractivity contribution in [1.82, 2.24) is 79.5 Å². The Hall–Kier alpha value is -8.64. The fourth-order valence-corrected chi connectivity index (χ4v) is 19.3. The largest absolute Gasteiger partial charge is 0.494 e. The smallest absolute Gasteiger partial charge is 0.222 e. The van der Waals surface area contributed by atoms with Crippen LogP contribution >= 0.6 is 11.3 Å². The van der Waals surface area contributed by atoms with Gasteiger partial charge in [-0.25, -0.2) is 4.98 Å². The molecule has 27 heteroatoms. The zero-order valence-corrected chi connectivity index (χ0v) is 71.9. The number of nitrogens with zero attached hydrogens (tertiary/aromatic N) is 17. The van der Waals surface area contributed by atoms with Crippen LogP contribution < -0.4 is 39.5 Å². The first-order valence-electron chi connectivity index (χ1n) is 44.0. The van der Waals surface area contributed by atoms with Crippen LogP contribution in [0.15, 0.2) is 121 Å². The Bertz CT molecular complexity index is 4630. The molecule has 7 aliphatic heterocycles. The van der Waals surface area contributed by atoms with Gasteiger partial charge in [0.1, 0.15) is 34.3 Å². The van der Waals surface area contributed by atoms with Crippen molar-refractivity contribution in [2.75, 3.05) is 200 Å². The van der Waals surface area contributed by atoms with E-state index < -0.39 is 0 Å². The quantitative estimate of drug-likeness (QED) is 0.0414. The number of methoxy groups -OCH3 is 3. The standard InChI is InChI=1S/C32H45N7O3.C30H43N7O2.C29H41N5O2S/c1-41-29-8-7-25-6-4-12-34-31(25)32(29)38-17-5-16-37(20-21-38)28(24-30(40)33-13-19-36-14-2-3-15-36)27-9-18-39(35-27)26-10-22-42-23-11-26;1-23(2)37-18-11-25(33-37)26(22-28(38)31-13-19-34-14-4-5-15-34)35-16-7-17-36(21-20-35)30-27(39-3)10-9-24-8-6-12-32-29(24)30;1-21(2)29-31-24(20-37-29)25(11-17-32-15-9-23(35)10-16-32)33-13-5-14-34(19-18-33)28-26(36-3)8-7-22-6-4-12-30-27(22)28/h4,6-9,12,18,26,28H,2-3,5,10-11,13-17,19-24H2,1H3,(H,33,40);6,8-12,18,23,26H,4-5,7,13-17,19-22H2,1-3H3,(H,31,38);4,6-8,12,20-21,23,25,35H,5,9-11,13-19H2,1-3H3/t;26-;/m.0./s1. The van der Waals surface area contributed by atoms with E-state index >= 15 is 0 Å². The minimum atomic E-state index is -0.128. The molecule has 13 heterocycles. The van der Waals surface area contributed by atoms with Gasteiger partial charge in [0.05, 0.1) is 90.2 Å². The molecule has 0 radical (unpaired) electrons. The van der Waals surface area contributed by atoms with E-state index in [0.717, 1.165) is 280 Å². The van der Waals surface area contributed by atoms with Crippen molar-refractivity contribution in [1.29, 1.82) is 0 Å². The number of rotatable bonds is 28. The van der Waals surface area contributed by atoms with E-state index in [1.807, 2.05) is 59.8 Å². The van der Waals surface area contributed by atoms with Crippen molar-refractivity contribution in [3.8, 4) is 17.2 Å². The van der Waals surface area contributed by atoms with Gasteiger partial charge in [0.15, 0.2) is 0 Å². The highest BCUT2D eigenvalue weighted by Crippen LogP contribution is 2.41. The molecule has 2 amide bonds. The molecule has 6 aromatic heterocycles. The highest BCUT2D eigenvalue weighted by atomic mass is 32.1. The molecule has 2 unspecified atom stereocenters. The number of likely N-dealkylation sites (tertiary alicyclic amines) is 3. The number of aromatic nitrogens is 8. The predicted molar refractivity (Wildman–Crippen MR) is 471 cm³/mol. The van der Waals surface area contributed by atoms with E-state index in [1.54, 1.807) is 32.7 Å². The number of fused-ring (bicyclic) bond motifs is 3. The number of hydrogen-bond donors (Lipinski definition) is 3. The van der Waals surface area contributed by atoms with E-state index in [1.165, 1.54) is 36.4 Å². The molecule has 16 rings (SSSR count). The molecule has 0 saturated carbocycles. The third-order valence-electron chi connectivity index (χ3n) is 25.0. The maximum absolute atomic E-state index is 13.3. The van der Waals surface area contributed by atoms with Gasteiger partial charge < -0.3 is 64.1 Å². The molecule has 7 aliphatic rings. The lowest BCUT2D eigenvalue weighted by molar-refractivity contribution is -0.123. The van der Waals surface area contributed by atoms with E-state index in [4.69, 9.17) is 49.1 Å². The maximum atomic E-state index is 13.3. The number of nitrogens with one attached hydrogen (secondary N) is 2. The lowest BCUT2D eigenvalue weighted by atomic mass is 10.0. The fourth-order valence-electron chi connectivity index (χ4n) is 18.4. The van der Waals surface area contributed by atoms with Gasteiger partial charge in [0.25, 0.3) is 0 Å². The molecule has 9 aromatic rings. The molecule has 118 heavy (non-hydrogen) atoms. The van der Waals surface area contributed by atoms with E-state index in [9.17, 15) is 14.7 Å². The Kier molecular flexibility index (Phi) is 30.9. The number of aliphatic hydroxyl groups is 1. The van der Waals surface area contributed by atoms with Crippen molar-refractivity contribution in [2.45, 2.75) is 160 Å². The number of hydrogen-bond acceptors (Lipinski definition) is 23. The Morgan fingerprint density at radius 3 is 1.36 bits per heavy atom. The van der Waals surface area contributed by atoms with Crippen molar-refractivity contribution < 1.29 is 33.6 Å². The number of benzene rings is 3. The summed E-state index contributed by atoms with van der Waals surface area (Å²) in [5, 5.41) is 33.2. The molecule has 636 valence electrons. The zero-order chi connectivity index (χ0) is 81.7. The second-order valence-corrected chi connectivity index (χ2v) is 34.4. The molecule has 3 aromatic carbocycles. The fraction of sp³-hybridized carbons (Fsp3) is 0.582. The lowest BCUT2D eigenvalue weighted by Crippen LogP contribution is -2.39. The van der Waals surface area contributed by atoms with Gasteiger partial charge in [0.2, 0.25) is 11.8 Å². The second kappa shape index (κ2) is 42.5. The highest BCUT2D eigenvalue weighted by Gasteiger charge is 2.35. The van der Waals surface area contributed by atoms with Crippen molar-refractivity contribution >= 4 is 72.9 Å². The summed E-state index contributed by atoms with van der Waals surface area (Å²) in [6.45, 7) is 31.9. The number of anilines is 3. The Morgan fingerprint density at radius 2 is 0.924 bits per heavy atom. The molecule has 3 N–H and O–H groups in total. The molecule has 7 saturated heterocycles. The number of pyridine rings is 3. The van der Waals surface area contributed by atoms with Crippen LogP contribution in [0.2, 0.25) is 0 Å². The molecule has 3 atom stereocenters. The molecule has 26 nitrogen and oxygen atoms in total.